The number of nitriles is 1. The van der Waals surface area contributed by atoms with Gasteiger partial charge in [-0.05, 0) is 30.3 Å². The number of nitrogens with zero attached hydrogens (tertiary/aromatic N) is 3. The van der Waals surface area contributed by atoms with Crippen LogP contribution in [0.1, 0.15) is 30.5 Å². The Morgan fingerprint density at radius 1 is 1.37 bits per heavy atom. The van der Waals surface area contributed by atoms with Crippen molar-refractivity contribution in [3.8, 4) is 23.0 Å². The number of benzene rings is 1. The van der Waals surface area contributed by atoms with Crippen LogP contribution in [-0.2, 0) is 4.79 Å². The van der Waals surface area contributed by atoms with Gasteiger partial charge in [0.1, 0.15) is 23.3 Å². The number of hydrogen-bond acceptors (Lipinski definition) is 4. The van der Waals surface area contributed by atoms with Crippen LogP contribution in [0.25, 0.3) is 16.9 Å². The Hall–Kier alpha value is -3.66. The maximum atomic E-state index is 14.3. The largest absolute Gasteiger partial charge is 0.481 e. The molecule has 0 amide bonds. The average molecular weight is 364 g/mol. The second-order valence-electron chi connectivity index (χ2n) is 6.18. The molecule has 1 unspecified atom stereocenters. The number of pyridine rings is 1. The highest BCUT2D eigenvalue weighted by Crippen LogP contribution is 2.32. The number of nitrogen functional groups attached to an aromatic ring is 1. The predicted octanol–water partition coefficient (Wildman–Crippen LogP) is 3.71. The summed E-state index contributed by atoms with van der Waals surface area (Å²) in [6.45, 7) is 1.72. The fourth-order valence-corrected chi connectivity index (χ4v) is 2.98. The molecule has 2 heterocycles. The fourth-order valence-electron chi connectivity index (χ4n) is 2.98. The van der Waals surface area contributed by atoms with E-state index in [9.17, 15) is 14.4 Å². The molecule has 0 spiro atoms. The summed E-state index contributed by atoms with van der Waals surface area (Å²) in [6.07, 6.45) is 1.57. The molecule has 136 valence electrons. The zero-order valence-electron chi connectivity index (χ0n) is 14.6. The average Bonchev–Trinajstić information content (AvgIpc) is 3.10. The number of hydrogen-bond donors (Lipinski definition) is 2. The van der Waals surface area contributed by atoms with Crippen LogP contribution in [0.2, 0.25) is 0 Å². The molecule has 0 radical (unpaired) electrons. The normalized spacial score (nSPS) is 11.7. The number of carboxylic acids is 1. The number of nitrogens with two attached hydrogens (primary N) is 1. The van der Waals surface area contributed by atoms with Gasteiger partial charge in [-0.2, -0.15) is 5.26 Å². The molecule has 3 N–H and O–H groups in total. The maximum absolute atomic E-state index is 14.3. The van der Waals surface area contributed by atoms with Gasteiger partial charge in [0, 0.05) is 23.4 Å². The molecule has 3 rings (SSSR count). The molecule has 0 aliphatic carbocycles. The molecule has 3 aromatic rings. The van der Waals surface area contributed by atoms with E-state index in [1.165, 1.54) is 6.07 Å². The van der Waals surface area contributed by atoms with E-state index < -0.39 is 17.7 Å². The van der Waals surface area contributed by atoms with Gasteiger partial charge in [-0.15, -0.1) is 0 Å². The molecule has 1 atom stereocenters. The molecule has 7 heteroatoms. The Morgan fingerprint density at radius 3 is 2.78 bits per heavy atom. The molecule has 2 aromatic heterocycles. The highest BCUT2D eigenvalue weighted by molar-refractivity contribution is 5.76. The Balaban J connectivity index is 2.19. The van der Waals surface area contributed by atoms with E-state index >= 15 is 0 Å². The van der Waals surface area contributed by atoms with Crippen molar-refractivity contribution in [3.63, 3.8) is 0 Å². The van der Waals surface area contributed by atoms with Gasteiger partial charge in [-0.3, -0.25) is 4.79 Å². The standard InChI is InChI=1S/C20H17FN4O2/c1-12(9-19(26)27)16-10-13(14(11-22)20(23)24-16)17-7-4-8-25(17)18-6-3-2-5-15(18)21/h2-8,10,12H,9H2,1H3,(H2,23,24)(H,26,27). The van der Waals surface area contributed by atoms with Crippen LogP contribution in [0.4, 0.5) is 10.2 Å². The topological polar surface area (TPSA) is 105 Å². The molecule has 0 aliphatic heterocycles. The van der Waals surface area contributed by atoms with Gasteiger partial charge in [0.2, 0.25) is 0 Å². The molecule has 0 fully saturated rings. The summed E-state index contributed by atoms with van der Waals surface area (Å²) in [5, 5.41) is 18.6. The van der Waals surface area contributed by atoms with Crippen LogP contribution in [0.15, 0.2) is 48.7 Å². The van der Waals surface area contributed by atoms with E-state index in [1.807, 2.05) is 6.07 Å². The number of aromatic nitrogens is 2. The molecular weight excluding hydrogens is 347 g/mol. The van der Waals surface area contributed by atoms with Crippen molar-refractivity contribution in [2.24, 2.45) is 0 Å². The van der Waals surface area contributed by atoms with Crippen molar-refractivity contribution in [2.75, 3.05) is 5.73 Å². The van der Waals surface area contributed by atoms with E-state index in [1.54, 1.807) is 54.1 Å². The lowest BCUT2D eigenvalue weighted by atomic mass is 9.98. The minimum atomic E-state index is -0.955. The second-order valence-corrected chi connectivity index (χ2v) is 6.18. The summed E-state index contributed by atoms with van der Waals surface area (Å²) in [5.74, 6) is -1.74. The molecule has 27 heavy (non-hydrogen) atoms. The van der Waals surface area contributed by atoms with Gasteiger partial charge in [-0.25, -0.2) is 9.37 Å². The summed E-state index contributed by atoms with van der Waals surface area (Å²) >= 11 is 0. The zero-order valence-corrected chi connectivity index (χ0v) is 14.6. The van der Waals surface area contributed by atoms with E-state index in [4.69, 9.17) is 10.8 Å². The SMILES string of the molecule is CC(CC(=O)O)c1cc(-c2cccn2-c2ccccc2F)c(C#N)c(N)n1. The summed E-state index contributed by atoms with van der Waals surface area (Å²) in [5.41, 5.74) is 7.96. The van der Waals surface area contributed by atoms with Crippen molar-refractivity contribution in [2.45, 2.75) is 19.3 Å². The molecule has 0 saturated heterocycles. The Bertz CT molecular complexity index is 1050. The lowest BCUT2D eigenvalue weighted by Crippen LogP contribution is -2.09. The molecular formula is C20H17FN4O2. The molecule has 0 bridgehead atoms. The summed E-state index contributed by atoms with van der Waals surface area (Å²) < 4.78 is 15.9. The lowest BCUT2D eigenvalue weighted by Gasteiger charge is -2.16. The summed E-state index contributed by atoms with van der Waals surface area (Å²) in [6, 6.07) is 13.5. The minimum Gasteiger partial charge on any atom is -0.481 e. The summed E-state index contributed by atoms with van der Waals surface area (Å²) in [4.78, 5) is 15.2. The van der Waals surface area contributed by atoms with Crippen LogP contribution in [0.5, 0.6) is 0 Å². The molecule has 0 aliphatic rings. The number of para-hydroxylation sites is 1. The number of anilines is 1. The smallest absolute Gasteiger partial charge is 0.304 e. The third-order valence-electron chi connectivity index (χ3n) is 4.30. The first-order chi connectivity index (χ1) is 12.9. The van der Waals surface area contributed by atoms with Gasteiger partial charge in [-0.1, -0.05) is 19.1 Å². The highest BCUT2D eigenvalue weighted by atomic mass is 19.1. The lowest BCUT2D eigenvalue weighted by molar-refractivity contribution is -0.137. The quantitative estimate of drug-likeness (QED) is 0.718. The number of rotatable bonds is 5. The predicted molar refractivity (Wildman–Crippen MR) is 98.8 cm³/mol. The van der Waals surface area contributed by atoms with E-state index in [-0.39, 0.29) is 17.8 Å². The first-order valence-corrected chi connectivity index (χ1v) is 8.27. The van der Waals surface area contributed by atoms with Gasteiger partial charge < -0.3 is 15.4 Å². The number of halogens is 1. The van der Waals surface area contributed by atoms with Crippen LogP contribution < -0.4 is 5.73 Å². The van der Waals surface area contributed by atoms with Crippen molar-refractivity contribution in [1.82, 2.24) is 9.55 Å². The molecule has 0 saturated carbocycles. The molecule has 1 aromatic carbocycles. The van der Waals surface area contributed by atoms with Crippen molar-refractivity contribution < 1.29 is 14.3 Å². The second kappa shape index (κ2) is 7.30. The number of aliphatic carboxylic acids is 1. The monoisotopic (exact) mass is 364 g/mol. The number of carboxylic acid groups (broad SMARTS) is 1. The Labute approximate surface area is 155 Å². The van der Waals surface area contributed by atoms with E-state index in [0.29, 0.717) is 22.6 Å². The van der Waals surface area contributed by atoms with Crippen molar-refractivity contribution in [3.05, 3.63) is 65.7 Å². The van der Waals surface area contributed by atoms with Gasteiger partial charge in [0.05, 0.1) is 17.8 Å². The first-order valence-electron chi connectivity index (χ1n) is 8.27. The third kappa shape index (κ3) is 3.51. The van der Waals surface area contributed by atoms with Gasteiger partial charge >= 0.3 is 5.97 Å². The van der Waals surface area contributed by atoms with Gasteiger partial charge in [0.25, 0.3) is 0 Å². The Kier molecular flexibility index (Phi) is 4.90. The van der Waals surface area contributed by atoms with Crippen molar-refractivity contribution in [1.29, 1.82) is 5.26 Å². The van der Waals surface area contributed by atoms with Gasteiger partial charge in [0.15, 0.2) is 0 Å². The zero-order chi connectivity index (χ0) is 19.6. The first kappa shape index (κ1) is 18.1. The maximum Gasteiger partial charge on any atom is 0.304 e. The Morgan fingerprint density at radius 2 is 2.11 bits per heavy atom. The number of carbonyl (C=O) groups is 1. The fraction of sp³-hybridized carbons (Fsp3) is 0.150. The minimum absolute atomic E-state index is 0.0172. The third-order valence-corrected chi connectivity index (χ3v) is 4.30. The molecule has 6 nitrogen and oxygen atoms in total. The van der Waals surface area contributed by atoms with Crippen LogP contribution in [-0.4, -0.2) is 20.6 Å². The van der Waals surface area contributed by atoms with Crippen LogP contribution in [0, 0.1) is 17.1 Å². The van der Waals surface area contributed by atoms with Crippen molar-refractivity contribution >= 4 is 11.8 Å². The van der Waals surface area contributed by atoms with Crippen LogP contribution in [0.3, 0.4) is 0 Å². The van der Waals surface area contributed by atoms with Crippen LogP contribution >= 0.6 is 0 Å². The van der Waals surface area contributed by atoms with E-state index in [0.717, 1.165) is 0 Å². The van der Waals surface area contributed by atoms with E-state index in [2.05, 4.69) is 4.98 Å². The highest BCUT2D eigenvalue weighted by Gasteiger charge is 2.20. The summed E-state index contributed by atoms with van der Waals surface area (Å²) in [7, 11) is 0.